The quantitative estimate of drug-likeness (QED) is 0.281. The number of fused-ring (bicyclic) bond motifs is 1. The highest BCUT2D eigenvalue weighted by Crippen LogP contribution is 2.42. The Hall–Kier alpha value is -4.64. The van der Waals surface area contributed by atoms with Gasteiger partial charge in [-0.3, -0.25) is 9.97 Å². The van der Waals surface area contributed by atoms with Gasteiger partial charge in [0.05, 0.1) is 29.4 Å². The fourth-order valence-corrected chi connectivity index (χ4v) is 4.46. The first-order valence-electron chi connectivity index (χ1n) is 11.6. The van der Waals surface area contributed by atoms with Gasteiger partial charge in [0.2, 0.25) is 0 Å². The molecule has 0 amide bonds. The maximum atomic E-state index is 6.41. The molecule has 170 valence electrons. The summed E-state index contributed by atoms with van der Waals surface area (Å²) in [7, 11) is 2.12. The van der Waals surface area contributed by atoms with Gasteiger partial charge in [0.1, 0.15) is 11.5 Å². The van der Waals surface area contributed by atoms with Crippen LogP contribution in [0.15, 0.2) is 116 Å². The fourth-order valence-electron chi connectivity index (χ4n) is 4.46. The molecule has 3 heterocycles. The van der Waals surface area contributed by atoms with Gasteiger partial charge in [-0.1, -0.05) is 48.5 Å². The van der Waals surface area contributed by atoms with Gasteiger partial charge in [-0.05, 0) is 53.6 Å². The molecular weight excluding hydrogens is 432 g/mol. The molecule has 1 aliphatic heterocycles. The van der Waals surface area contributed by atoms with Gasteiger partial charge >= 0.3 is 0 Å². The van der Waals surface area contributed by atoms with Gasteiger partial charge in [-0.15, -0.1) is 0 Å². The second kappa shape index (κ2) is 8.95. The summed E-state index contributed by atoms with van der Waals surface area (Å²) >= 11 is 0. The second-order valence-corrected chi connectivity index (χ2v) is 8.53. The number of ether oxygens (including phenoxy) is 1. The lowest BCUT2D eigenvalue weighted by molar-refractivity contribution is 0.482. The van der Waals surface area contributed by atoms with Crippen LogP contribution in [0.4, 0.5) is 17.1 Å². The number of benzene rings is 3. The number of para-hydroxylation sites is 2. The summed E-state index contributed by atoms with van der Waals surface area (Å²) in [4.78, 5) is 13.5. The summed E-state index contributed by atoms with van der Waals surface area (Å²) in [5.74, 6) is 1.49. The number of pyridine rings is 2. The highest BCUT2D eigenvalue weighted by atomic mass is 16.5. The molecule has 6 rings (SSSR count). The number of hydrogen-bond acceptors (Lipinski definition) is 5. The molecule has 5 heteroatoms. The first-order valence-corrected chi connectivity index (χ1v) is 11.6. The van der Waals surface area contributed by atoms with E-state index in [0.29, 0.717) is 0 Å². The Balaban J connectivity index is 1.41. The molecule has 0 saturated carbocycles. The van der Waals surface area contributed by atoms with Crippen molar-refractivity contribution in [3.8, 4) is 34.0 Å². The second-order valence-electron chi connectivity index (χ2n) is 8.53. The van der Waals surface area contributed by atoms with Crippen molar-refractivity contribution in [2.24, 2.45) is 0 Å². The largest absolute Gasteiger partial charge is 0.457 e. The van der Waals surface area contributed by atoms with Crippen LogP contribution in [0.5, 0.6) is 11.5 Å². The predicted molar refractivity (Wildman–Crippen MR) is 141 cm³/mol. The topological polar surface area (TPSA) is 41.5 Å². The summed E-state index contributed by atoms with van der Waals surface area (Å²) in [5, 5.41) is 0. The van der Waals surface area contributed by atoms with Gasteiger partial charge in [0, 0.05) is 37.3 Å². The van der Waals surface area contributed by atoms with Crippen molar-refractivity contribution >= 4 is 17.1 Å². The zero-order valence-corrected chi connectivity index (χ0v) is 19.4. The van der Waals surface area contributed by atoms with Crippen LogP contribution in [0.1, 0.15) is 0 Å². The molecule has 0 fully saturated rings. The Labute approximate surface area is 204 Å². The van der Waals surface area contributed by atoms with E-state index in [9.17, 15) is 0 Å². The molecule has 0 radical (unpaired) electrons. The molecule has 0 aliphatic carbocycles. The Kier molecular flexibility index (Phi) is 5.35. The molecule has 0 spiro atoms. The summed E-state index contributed by atoms with van der Waals surface area (Å²) < 4.78 is 6.41. The molecule has 5 nitrogen and oxygen atoms in total. The number of rotatable bonds is 5. The monoisotopic (exact) mass is 456 g/mol. The van der Waals surface area contributed by atoms with E-state index in [1.165, 1.54) is 11.4 Å². The van der Waals surface area contributed by atoms with Crippen LogP contribution >= 0.6 is 0 Å². The lowest BCUT2D eigenvalue weighted by Crippen LogP contribution is -2.24. The minimum Gasteiger partial charge on any atom is -0.457 e. The molecule has 0 unspecified atom stereocenters. The van der Waals surface area contributed by atoms with Crippen LogP contribution in [-0.4, -0.2) is 23.7 Å². The minimum absolute atomic E-state index is 0.718. The average Bonchev–Trinajstić information content (AvgIpc) is 3.26. The van der Waals surface area contributed by atoms with Crippen molar-refractivity contribution in [2.75, 3.05) is 23.5 Å². The lowest BCUT2D eigenvalue weighted by Gasteiger charge is -2.21. The Morgan fingerprint density at radius 2 is 1.40 bits per heavy atom. The van der Waals surface area contributed by atoms with E-state index in [1.807, 2.05) is 36.4 Å². The van der Waals surface area contributed by atoms with Gasteiger partial charge in [-0.2, -0.15) is 0 Å². The zero-order valence-electron chi connectivity index (χ0n) is 19.4. The minimum atomic E-state index is 0.718. The Morgan fingerprint density at radius 3 is 2.23 bits per heavy atom. The number of aromatic nitrogens is 2. The smallest absolute Gasteiger partial charge is 0.131 e. The molecule has 1 aliphatic rings. The Bertz CT molecular complexity index is 1470. The third-order valence-corrected chi connectivity index (χ3v) is 6.14. The van der Waals surface area contributed by atoms with E-state index >= 15 is 0 Å². The van der Waals surface area contributed by atoms with E-state index < -0.39 is 0 Å². The van der Waals surface area contributed by atoms with Crippen molar-refractivity contribution in [1.82, 2.24) is 9.97 Å². The van der Waals surface area contributed by atoms with Crippen molar-refractivity contribution in [2.45, 2.75) is 0 Å². The van der Waals surface area contributed by atoms with E-state index in [4.69, 9.17) is 4.74 Å². The maximum absolute atomic E-state index is 6.41. The van der Waals surface area contributed by atoms with Crippen LogP contribution in [0.25, 0.3) is 22.5 Å². The van der Waals surface area contributed by atoms with Crippen molar-refractivity contribution < 1.29 is 4.74 Å². The molecule has 0 N–H and O–H groups in total. The zero-order chi connectivity index (χ0) is 23.6. The number of anilines is 3. The highest BCUT2D eigenvalue weighted by Gasteiger charge is 2.24. The molecule has 0 atom stereocenters. The molecule has 35 heavy (non-hydrogen) atoms. The van der Waals surface area contributed by atoms with E-state index in [1.54, 1.807) is 12.4 Å². The van der Waals surface area contributed by atoms with E-state index in [-0.39, 0.29) is 0 Å². The normalized spacial score (nSPS) is 12.5. The van der Waals surface area contributed by atoms with Crippen LogP contribution in [0, 0.1) is 0 Å². The Morgan fingerprint density at radius 1 is 0.629 bits per heavy atom. The van der Waals surface area contributed by atoms with Gasteiger partial charge in [-0.25, -0.2) is 0 Å². The van der Waals surface area contributed by atoms with Gasteiger partial charge < -0.3 is 14.5 Å². The van der Waals surface area contributed by atoms with Crippen LogP contribution in [0.2, 0.25) is 0 Å². The molecule has 0 bridgehead atoms. The molecule has 2 aromatic heterocycles. The molecule has 5 aromatic rings. The fraction of sp³-hybridized carbons (Fsp3) is 0.0667. The molecular formula is C30H24N4O. The first-order chi connectivity index (χ1) is 17.2. The first kappa shape index (κ1) is 20.9. The lowest BCUT2D eigenvalue weighted by atomic mass is 10.0. The van der Waals surface area contributed by atoms with Gasteiger partial charge in [0.25, 0.3) is 0 Å². The average molecular weight is 457 g/mol. The van der Waals surface area contributed by atoms with Crippen LogP contribution < -0.4 is 14.5 Å². The SMILES string of the molecule is CN1CN(c2cc(Oc3ccnc(-c4ccccn4)c3)cc(-c3ccccc3)c2)c2ccccc21. The van der Waals surface area contributed by atoms with Crippen molar-refractivity contribution in [3.05, 3.63) is 116 Å². The van der Waals surface area contributed by atoms with Crippen molar-refractivity contribution in [3.63, 3.8) is 0 Å². The summed E-state index contributed by atoms with van der Waals surface area (Å²) in [5.41, 5.74) is 7.32. The summed E-state index contributed by atoms with van der Waals surface area (Å²) in [6, 6.07) is 34.9. The highest BCUT2D eigenvalue weighted by molar-refractivity contribution is 5.84. The summed E-state index contributed by atoms with van der Waals surface area (Å²) in [6.07, 6.45) is 3.53. The van der Waals surface area contributed by atoms with E-state index in [2.05, 4.69) is 93.5 Å². The van der Waals surface area contributed by atoms with Crippen LogP contribution in [-0.2, 0) is 0 Å². The third kappa shape index (κ3) is 4.20. The standard InChI is InChI=1S/C30H24N4O/c1-33-21-34(30-13-6-5-12-29(30)33)24-17-23(22-9-3-2-4-10-22)18-26(19-24)35-25-14-16-32-28(20-25)27-11-7-8-15-31-27/h2-20H,21H2,1H3. The predicted octanol–water partition coefficient (Wildman–Crippen LogP) is 7.15. The van der Waals surface area contributed by atoms with Gasteiger partial charge in [0.15, 0.2) is 0 Å². The van der Waals surface area contributed by atoms with E-state index in [0.717, 1.165) is 46.4 Å². The molecule has 0 saturated heterocycles. The van der Waals surface area contributed by atoms with Crippen molar-refractivity contribution in [1.29, 1.82) is 0 Å². The maximum Gasteiger partial charge on any atom is 0.131 e. The number of nitrogens with zero attached hydrogens (tertiary/aromatic N) is 4. The molecule has 3 aromatic carbocycles. The number of hydrogen-bond donors (Lipinski definition) is 0. The van der Waals surface area contributed by atoms with Crippen LogP contribution in [0.3, 0.4) is 0 Å². The third-order valence-electron chi connectivity index (χ3n) is 6.14. The summed E-state index contributed by atoms with van der Waals surface area (Å²) in [6.45, 7) is 0.774.